The molecule has 0 bridgehead atoms. The number of hydrogen-bond donors (Lipinski definition) is 2. The first-order chi connectivity index (χ1) is 5.84. The van der Waals surface area contributed by atoms with Crippen molar-refractivity contribution in [2.45, 2.75) is 6.42 Å². The van der Waals surface area contributed by atoms with E-state index in [0.717, 1.165) is 23.7 Å². The molecule has 0 aliphatic carbocycles. The number of rotatable bonds is 4. The van der Waals surface area contributed by atoms with E-state index in [9.17, 15) is 0 Å². The minimum absolute atomic E-state index is 0.706. The normalized spacial score (nSPS) is 9.83. The van der Waals surface area contributed by atoms with Gasteiger partial charge in [0.05, 0.1) is 10.7 Å². The smallest absolute Gasteiger partial charge is 0.0637 e. The maximum atomic E-state index is 5.91. The van der Waals surface area contributed by atoms with Gasteiger partial charge in [-0.3, -0.25) is 0 Å². The van der Waals surface area contributed by atoms with Crippen LogP contribution in [0.3, 0.4) is 0 Å². The van der Waals surface area contributed by atoms with E-state index in [-0.39, 0.29) is 0 Å². The monoisotopic (exact) mass is 184 g/mol. The molecule has 0 spiro atoms. The summed E-state index contributed by atoms with van der Waals surface area (Å²) < 4.78 is 0. The molecule has 0 aliphatic rings. The lowest BCUT2D eigenvalue weighted by atomic mass is 10.3. The summed E-state index contributed by atoms with van der Waals surface area (Å²) in [5, 5.41) is 3.96. The zero-order valence-corrected chi connectivity index (χ0v) is 7.64. The number of halogens is 1. The van der Waals surface area contributed by atoms with E-state index in [1.54, 1.807) is 0 Å². The number of nitrogens with two attached hydrogens (primary N) is 1. The van der Waals surface area contributed by atoms with Crippen LogP contribution in [0.25, 0.3) is 0 Å². The Bertz CT molecular complexity index is 238. The predicted octanol–water partition coefficient (Wildman–Crippen LogP) is 2.10. The Labute approximate surface area is 77.7 Å². The Morgan fingerprint density at radius 3 is 2.75 bits per heavy atom. The highest BCUT2D eigenvalue weighted by molar-refractivity contribution is 6.33. The molecule has 0 atom stereocenters. The van der Waals surface area contributed by atoms with E-state index in [1.165, 1.54) is 0 Å². The summed E-state index contributed by atoms with van der Waals surface area (Å²) in [6.45, 7) is 1.58. The fourth-order valence-electron chi connectivity index (χ4n) is 0.930. The molecule has 0 radical (unpaired) electrons. The van der Waals surface area contributed by atoms with Crippen molar-refractivity contribution in [1.29, 1.82) is 0 Å². The molecule has 0 unspecified atom stereocenters. The van der Waals surface area contributed by atoms with E-state index in [0.29, 0.717) is 6.54 Å². The van der Waals surface area contributed by atoms with Crippen LogP contribution in [0, 0.1) is 0 Å². The minimum Gasteiger partial charge on any atom is -0.384 e. The van der Waals surface area contributed by atoms with E-state index >= 15 is 0 Å². The van der Waals surface area contributed by atoms with Gasteiger partial charge in [-0.1, -0.05) is 23.7 Å². The molecule has 1 aromatic carbocycles. The third kappa shape index (κ3) is 2.72. The Morgan fingerprint density at radius 2 is 2.08 bits per heavy atom. The van der Waals surface area contributed by atoms with Gasteiger partial charge in [0.2, 0.25) is 0 Å². The molecule has 3 N–H and O–H groups in total. The van der Waals surface area contributed by atoms with Crippen LogP contribution in [0.5, 0.6) is 0 Å². The second kappa shape index (κ2) is 5.01. The topological polar surface area (TPSA) is 38.0 Å². The standard InChI is InChI=1S/C9H13ClN2/c10-8-4-1-2-5-9(8)12-7-3-6-11/h1-2,4-5,12H,3,6-7,11H2. The zero-order valence-electron chi connectivity index (χ0n) is 6.89. The Morgan fingerprint density at radius 1 is 1.33 bits per heavy atom. The molecule has 2 nitrogen and oxygen atoms in total. The van der Waals surface area contributed by atoms with Gasteiger partial charge >= 0.3 is 0 Å². The van der Waals surface area contributed by atoms with Gasteiger partial charge in [-0.25, -0.2) is 0 Å². The van der Waals surface area contributed by atoms with E-state index in [2.05, 4.69) is 5.32 Å². The number of benzene rings is 1. The molecule has 3 heteroatoms. The van der Waals surface area contributed by atoms with Gasteiger partial charge in [-0.2, -0.15) is 0 Å². The molecule has 0 saturated heterocycles. The Balaban J connectivity index is 2.46. The van der Waals surface area contributed by atoms with Gasteiger partial charge < -0.3 is 11.1 Å². The van der Waals surface area contributed by atoms with Gasteiger partial charge in [-0.05, 0) is 25.1 Å². The van der Waals surface area contributed by atoms with Crippen LogP contribution in [-0.4, -0.2) is 13.1 Å². The van der Waals surface area contributed by atoms with Crippen LogP contribution < -0.4 is 11.1 Å². The molecule has 0 amide bonds. The third-order valence-corrected chi connectivity index (χ3v) is 1.90. The van der Waals surface area contributed by atoms with Gasteiger partial charge in [0.15, 0.2) is 0 Å². The molecular formula is C9H13ClN2. The van der Waals surface area contributed by atoms with Crippen molar-refractivity contribution >= 4 is 17.3 Å². The maximum absolute atomic E-state index is 5.91. The summed E-state index contributed by atoms with van der Waals surface area (Å²) in [5.74, 6) is 0. The van der Waals surface area contributed by atoms with Crippen molar-refractivity contribution in [3.63, 3.8) is 0 Å². The zero-order chi connectivity index (χ0) is 8.81. The lowest BCUT2D eigenvalue weighted by molar-refractivity contribution is 0.874. The lowest BCUT2D eigenvalue weighted by Crippen LogP contribution is -2.08. The van der Waals surface area contributed by atoms with E-state index in [4.69, 9.17) is 17.3 Å². The van der Waals surface area contributed by atoms with Crippen molar-refractivity contribution in [2.75, 3.05) is 18.4 Å². The van der Waals surface area contributed by atoms with Crippen LogP contribution in [0.15, 0.2) is 24.3 Å². The fraction of sp³-hybridized carbons (Fsp3) is 0.333. The molecule has 0 saturated carbocycles. The van der Waals surface area contributed by atoms with Gasteiger partial charge in [0.1, 0.15) is 0 Å². The average Bonchev–Trinajstić information content (AvgIpc) is 2.09. The number of anilines is 1. The van der Waals surface area contributed by atoms with E-state index in [1.807, 2.05) is 24.3 Å². The first-order valence-electron chi connectivity index (χ1n) is 4.03. The van der Waals surface area contributed by atoms with Crippen LogP contribution in [0.1, 0.15) is 6.42 Å². The van der Waals surface area contributed by atoms with Crippen molar-refractivity contribution in [1.82, 2.24) is 0 Å². The maximum Gasteiger partial charge on any atom is 0.0637 e. The largest absolute Gasteiger partial charge is 0.384 e. The molecule has 0 fully saturated rings. The fourth-order valence-corrected chi connectivity index (χ4v) is 1.13. The Kier molecular flexibility index (Phi) is 3.91. The Hall–Kier alpha value is -0.730. The molecular weight excluding hydrogens is 172 g/mol. The van der Waals surface area contributed by atoms with Crippen molar-refractivity contribution in [2.24, 2.45) is 5.73 Å². The predicted molar refractivity (Wildman–Crippen MR) is 53.6 cm³/mol. The third-order valence-electron chi connectivity index (χ3n) is 1.57. The molecule has 0 aromatic heterocycles. The van der Waals surface area contributed by atoms with E-state index < -0.39 is 0 Å². The van der Waals surface area contributed by atoms with Crippen molar-refractivity contribution in [3.8, 4) is 0 Å². The second-order valence-electron chi connectivity index (χ2n) is 2.55. The summed E-state index contributed by atoms with van der Waals surface area (Å²) in [4.78, 5) is 0. The first kappa shape index (κ1) is 9.36. The summed E-state index contributed by atoms with van der Waals surface area (Å²) >= 11 is 5.91. The highest BCUT2D eigenvalue weighted by Gasteiger charge is 1.95. The SMILES string of the molecule is NCCCNc1ccccc1Cl. The number of para-hydroxylation sites is 1. The van der Waals surface area contributed by atoms with Crippen LogP contribution in [0.4, 0.5) is 5.69 Å². The lowest BCUT2D eigenvalue weighted by Gasteiger charge is -2.06. The van der Waals surface area contributed by atoms with Gasteiger partial charge in [-0.15, -0.1) is 0 Å². The molecule has 66 valence electrons. The van der Waals surface area contributed by atoms with Gasteiger partial charge in [0.25, 0.3) is 0 Å². The quantitative estimate of drug-likeness (QED) is 0.704. The molecule has 1 rings (SSSR count). The molecule has 1 aromatic rings. The first-order valence-corrected chi connectivity index (χ1v) is 4.41. The average molecular weight is 185 g/mol. The van der Waals surface area contributed by atoms with Gasteiger partial charge in [0, 0.05) is 6.54 Å². The van der Waals surface area contributed by atoms with Crippen LogP contribution >= 0.6 is 11.6 Å². The highest BCUT2D eigenvalue weighted by Crippen LogP contribution is 2.19. The molecule has 0 heterocycles. The number of nitrogens with one attached hydrogen (secondary N) is 1. The second-order valence-corrected chi connectivity index (χ2v) is 2.96. The van der Waals surface area contributed by atoms with Crippen LogP contribution in [0.2, 0.25) is 5.02 Å². The van der Waals surface area contributed by atoms with Crippen molar-refractivity contribution in [3.05, 3.63) is 29.3 Å². The summed E-state index contributed by atoms with van der Waals surface area (Å²) in [6, 6.07) is 7.69. The van der Waals surface area contributed by atoms with Crippen molar-refractivity contribution < 1.29 is 0 Å². The summed E-state index contributed by atoms with van der Waals surface area (Å²) in [6.07, 6.45) is 0.964. The summed E-state index contributed by atoms with van der Waals surface area (Å²) in [5.41, 5.74) is 6.34. The molecule has 0 aliphatic heterocycles. The molecule has 12 heavy (non-hydrogen) atoms. The summed E-state index contributed by atoms with van der Waals surface area (Å²) in [7, 11) is 0. The van der Waals surface area contributed by atoms with Crippen LogP contribution in [-0.2, 0) is 0 Å². The highest BCUT2D eigenvalue weighted by atomic mass is 35.5. The minimum atomic E-state index is 0.706. The number of hydrogen-bond acceptors (Lipinski definition) is 2.